The van der Waals surface area contributed by atoms with Crippen LogP contribution in [0.5, 0.6) is 0 Å². The first-order valence-corrected chi connectivity index (χ1v) is 5.68. The lowest BCUT2D eigenvalue weighted by atomic mass is 10.4. The summed E-state index contributed by atoms with van der Waals surface area (Å²) in [7, 11) is 1.47. The Hall–Kier alpha value is -3.37. The van der Waals surface area contributed by atoms with E-state index in [0.29, 0.717) is 11.3 Å². The molecule has 11 nitrogen and oxygen atoms in total. The van der Waals surface area contributed by atoms with Crippen LogP contribution in [0.3, 0.4) is 0 Å². The van der Waals surface area contributed by atoms with E-state index in [-0.39, 0.29) is 17.5 Å². The van der Waals surface area contributed by atoms with Crippen LogP contribution in [0, 0.1) is 10.1 Å². The molecule has 3 heterocycles. The van der Waals surface area contributed by atoms with E-state index in [0.717, 1.165) is 0 Å². The molecule has 0 aromatic carbocycles. The second-order valence-corrected chi connectivity index (χ2v) is 4.14. The van der Waals surface area contributed by atoms with Gasteiger partial charge in [0.05, 0.1) is 7.05 Å². The maximum Gasteiger partial charge on any atom is 0.434 e. The van der Waals surface area contributed by atoms with Gasteiger partial charge in [0.1, 0.15) is 11.9 Å². The van der Waals surface area contributed by atoms with Gasteiger partial charge in [-0.2, -0.15) is 9.61 Å². The number of rotatable bonds is 3. The van der Waals surface area contributed by atoms with Gasteiger partial charge in [-0.15, -0.1) is 10.2 Å². The first-order chi connectivity index (χ1) is 9.99. The molecule has 0 radical (unpaired) electrons. The first kappa shape index (κ1) is 12.7. The molecule has 0 saturated heterocycles. The summed E-state index contributed by atoms with van der Waals surface area (Å²) in [6, 6.07) is 2.94. The van der Waals surface area contributed by atoms with Crippen molar-refractivity contribution in [3.8, 4) is 11.5 Å². The summed E-state index contributed by atoms with van der Waals surface area (Å²) < 4.78 is 2.52. The molecule has 1 amide bonds. The third-order valence-electron chi connectivity index (χ3n) is 2.87. The van der Waals surface area contributed by atoms with E-state index in [4.69, 9.17) is 5.73 Å². The topological polar surface area (TPSA) is 147 Å². The van der Waals surface area contributed by atoms with E-state index in [1.807, 2.05) is 0 Å². The molecule has 3 rings (SSSR count). The van der Waals surface area contributed by atoms with Crippen LogP contribution in [-0.2, 0) is 7.05 Å². The number of nitrogens with two attached hydrogens (primary N) is 1. The summed E-state index contributed by atoms with van der Waals surface area (Å²) in [4.78, 5) is 25.1. The van der Waals surface area contributed by atoms with Gasteiger partial charge in [-0.3, -0.25) is 4.79 Å². The van der Waals surface area contributed by atoms with Crippen LogP contribution in [0.25, 0.3) is 17.2 Å². The Balaban J connectivity index is 2.23. The van der Waals surface area contributed by atoms with Crippen molar-refractivity contribution in [2.45, 2.75) is 0 Å². The van der Waals surface area contributed by atoms with Gasteiger partial charge < -0.3 is 15.8 Å². The van der Waals surface area contributed by atoms with Crippen molar-refractivity contribution in [3.05, 3.63) is 34.1 Å². The van der Waals surface area contributed by atoms with Crippen molar-refractivity contribution < 1.29 is 9.72 Å². The lowest BCUT2D eigenvalue weighted by Gasteiger charge is -1.99. The van der Waals surface area contributed by atoms with Crippen molar-refractivity contribution in [3.63, 3.8) is 0 Å². The Morgan fingerprint density at radius 3 is 2.76 bits per heavy atom. The number of imidazole rings is 1. The van der Waals surface area contributed by atoms with Crippen molar-refractivity contribution in [1.29, 1.82) is 0 Å². The predicted octanol–water partition coefficient (Wildman–Crippen LogP) is -0.468. The molecule has 0 unspecified atom stereocenters. The van der Waals surface area contributed by atoms with Crippen LogP contribution in [0.15, 0.2) is 18.3 Å². The van der Waals surface area contributed by atoms with Gasteiger partial charge in [-0.05, 0) is 17.1 Å². The Morgan fingerprint density at radius 2 is 2.14 bits per heavy atom. The SMILES string of the molecule is Cn1c(-c2nnc3ccc(C(N)=O)nn23)cnc1[N+](=O)[O-]. The van der Waals surface area contributed by atoms with Crippen molar-refractivity contribution >= 4 is 17.5 Å². The molecule has 2 N–H and O–H groups in total. The highest BCUT2D eigenvalue weighted by molar-refractivity contribution is 5.90. The van der Waals surface area contributed by atoms with Crippen LogP contribution in [0.4, 0.5) is 5.95 Å². The summed E-state index contributed by atoms with van der Waals surface area (Å²) in [5, 5.41) is 22.6. The molecule has 106 valence electrons. The van der Waals surface area contributed by atoms with Crippen molar-refractivity contribution in [1.82, 2.24) is 29.4 Å². The molecule has 0 saturated carbocycles. The summed E-state index contributed by atoms with van der Waals surface area (Å²) >= 11 is 0. The van der Waals surface area contributed by atoms with E-state index >= 15 is 0 Å². The second-order valence-electron chi connectivity index (χ2n) is 4.14. The average Bonchev–Trinajstić information content (AvgIpc) is 3.01. The molecular weight excluding hydrogens is 280 g/mol. The molecule has 0 aliphatic rings. The van der Waals surface area contributed by atoms with E-state index in [1.165, 1.54) is 34.5 Å². The second kappa shape index (κ2) is 4.33. The monoisotopic (exact) mass is 288 g/mol. The maximum absolute atomic E-state index is 11.2. The zero-order valence-corrected chi connectivity index (χ0v) is 10.7. The quantitative estimate of drug-likeness (QED) is 0.506. The fourth-order valence-corrected chi connectivity index (χ4v) is 1.86. The van der Waals surface area contributed by atoms with E-state index in [9.17, 15) is 14.9 Å². The van der Waals surface area contributed by atoms with Crippen molar-refractivity contribution in [2.24, 2.45) is 12.8 Å². The lowest BCUT2D eigenvalue weighted by molar-refractivity contribution is -0.396. The lowest BCUT2D eigenvalue weighted by Crippen LogP contribution is -2.15. The number of fused-ring (bicyclic) bond motifs is 1. The molecule has 0 fully saturated rings. The molecule has 11 heteroatoms. The maximum atomic E-state index is 11.2. The molecule has 0 aliphatic heterocycles. The Kier molecular flexibility index (Phi) is 2.61. The zero-order valence-electron chi connectivity index (χ0n) is 10.7. The third kappa shape index (κ3) is 1.87. The average molecular weight is 288 g/mol. The van der Waals surface area contributed by atoms with Crippen molar-refractivity contribution in [2.75, 3.05) is 0 Å². The zero-order chi connectivity index (χ0) is 15.1. The largest absolute Gasteiger partial charge is 0.434 e. The highest BCUT2D eigenvalue weighted by Crippen LogP contribution is 2.21. The number of nitrogens with zero attached hydrogens (tertiary/aromatic N) is 7. The first-order valence-electron chi connectivity index (χ1n) is 5.68. The smallest absolute Gasteiger partial charge is 0.390 e. The number of amides is 1. The van der Waals surface area contributed by atoms with Gasteiger partial charge in [0.2, 0.25) is 5.82 Å². The molecule has 3 aromatic heterocycles. The standard InChI is InChI=1S/C10H8N8O3/c1-16-6(4-12-10(16)18(20)21)9-14-13-7-3-2-5(8(11)19)15-17(7)9/h2-4H,1H3,(H2,11,19). The summed E-state index contributed by atoms with van der Waals surface area (Å²) in [6.45, 7) is 0. The molecule has 0 spiro atoms. The predicted molar refractivity (Wildman–Crippen MR) is 68.2 cm³/mol. The van der Waals surface area contributed by atoms with Gasteiger partial charge in [-0.1, -0.05) is 4.98 Å². The minimum absolute atomic E-state index is 0.0280. The van der Waals surface area contributed by atoms with Gasteiger partial charge in [0, 0.05) is 0 Å². The number of primary amides is 1. The van der Waals surface area contributed by atoms with Crippen LogP contribution >= 0.6 is 0 Å². The third-order valence-corrected chi connectivity index (χ3v) is 2.87. The van der Waals surface area contributed by atoms with Crippen LogP contribution in [0.2, 0.25) is 0 Å². The number of carbonyl (C=O) groups is 1. The van der Waals surface area contributed by atoms with E-state index in [2.05, 4.69) is 20.3 Å². The fourth-order valence-electron chi connectivity index (χ4n) is 1.86. The molecule has 21 heavy (non-hydrogen) atoms. The molecule has 0 atom stereocenters. The molecule has 3 aromatic rings. The van der Waals surface area contributed by atoms with Crippen LogP contribution in [-0.4, -0.2) is 40.2 Å². The van der Waals surface area contributed by atoms with E-state index in [1.54, 1.807) is 0 Å². The van der Waals surface area contributed by atoms with Gasteiger partial charge in [0.25, 0.3) is 5.91 Å². The van der Waals surface area contributed by atoms with Crippen LogP contribution in [0.1, 0.15) is 10.5 Å². The Bertz CT molecular complexity index is 880. The Labute approximate surface area is 116 Å². The minimum Gasteiger partial charge on any atom is -0.390 e. The normalized spacial score (nSPS) is 10.9. The van der Waals surface area contributed by atoms with Crippen LogP contribution < -0.4 is 5.73 Å². The number of hydrogen-bond donors (Lipinski definition) is 1. The fraction of sp³-hybridized carbons (Fsp3) is 0.100. The Morgan fingerprint density at radius 1 is 1.38 bits per heavy atom. The highest BCUT2D eigenvalue weighted by atomic mass is 16.6. The number of hydrogen-bond acceptors (Lipinski definition) is 7. The van der Waals surface area contributed by atoms with Gasteiger partial charge >= 0.3 is 5.95 Å². The molecule has 0 aliphatic carbocycles. The summed E-state index contributed by atoms with van der Waals surface area (Å²) in [5.41, 5.74) is 5.91. The van der Waals surface area contributed by atoms with Gasteiger partial charge in [0.15, 0.2) is 11.3 Å². The highest BCUT2D eigenvalue weighted by Gasteiger charge is 2.23. The summed E-state index contributed by atoms with van der Waals surface area (Å²) in [6.07, 6.45) is 1.28. The number of nitro groups is 1. The van der Waals surface area contributed by atoms with E-state index < -0.39 is 10.8 Å². The molecular formula is C10H8N8O3. The number of carbonyl (C=O) groups excluding carboxylic acids is 1. The number of aromatic nitrogens is 6. The summed E-state index contributed by atoms with van der Waals surface area (Å²) in [5.74, 6) is -0.823. The minimum atomic E-state index is -0.701. The molecule has 0 bridgehead atoms. The van der Waals surface area contributed by atoms with Gasteiger partial charge in [-0.25, -0.2) is 4.57 Å².